The molecule has 2 heterocycles. The molecule has 2 aliphatic rings. The van der Waals surface area contributed by atoms with E-state index in [0.29, 0.717) is 29.8 Å². The van der Waals surface area contributed by atoms with Gasteiger partial charge in [0, 0.05) is 32.2 Å². The maximum Gasteiger partial charge on any atom is 0.511 e. The highest BCUT2D eigenvalue weighted by Crippen LogP contribution is 2.30. The number of hydrogen-bond donors (Lipinski definition) is 2. The molecule has 158 valence electrons. The second-order valence-corrected chi connectivity index (χ2v) is 10.9. The number of sulfonamides is 1. The van der Waals surface area contributed by atoms with Gasteiger partial charge in [0.25, 0.3) is 0 Å². The van der Waals surface area contributed by atoms with Gasteiger partial charge in [-0.3, -0.25) is 4.99 Å². The minimum absolute atomic E-state index is 0.0348. The van der Waals surface area contributed by atoms with Crippen molar-refractivity contribution in [1.29, 1.82) is 0 Å². The van der Waals surface area contributed by atoms with Gasteiger partial charge in [-0.1, -0.05) is 0 Å². The Bertz CT molecular complexity index is 745. The van der Waals surface area contributed by atoms with Crippen LogP contribution >= 0.6 is 0 Å². The van der Waals surface area contributed by atoms with E-state index in [1.807, 2.05) is 6.92 Å². The van der Waals surface area contributed by atoms with Crippen LogP contribution in [0.5, 0.6) is 0 Å². The number of nitrogens with one attached hydrogen (secondary N) is 2. The molecule has 27 heavy (non-hydrogen) atoms. The van der Waals surface area contributed by atoms with E-state index in [4.69, 9.17) is 0 Å². The average Bonchev–Trinajstić information content (AvgIpc) is 2.91. The highest BCUT2D eigenvalue weighted by Gasteiger charge is 2.50. The maximum absolute atomic E-state index is 12.6. The zero-order chi connectivity index (χ0) is 20.3. The van der Waals surface area contributed by atoms with E-state index in [9.17, 15) is 30.0 Å². The van der Waals surface area contributed by atoms with Crippen LogP contribution in [0.25, 0.3) is 0 Å². The van der Waals surface area contributed by atoms with Crippen LogP contribution in [0.1, 0.15) is 26.2 Å². The molecule has 1 unspecified atom stereocenters. The first kappa shape index (κ1) is 22.2. The highest BCUT2D eigenvalue weighted by atomic mass is 32.2. The Kier molecular flexibility index (Phi) is 7.01. The van der Waals surface area contributed by atoms with Crippen LogP contribution in [0.2, 0.25) is 0 Å². The number of halogens is 3. The SMILES string of the molecule is CCNC(=NCC1CCN(S(=O)(=O)C(F)(F)F)CC1)NC1CCS(=O)(=O)C1. The fraction of sp³-hybridized carbons (Fsp3) is 0.929. The molecular weight excluding hydrogens is 409 g/mol. The molecule has 0 aromatic heterocycles. The smallest absolute Gasteiger partial charge is 0.357 e. The summed E-state index contributed by atoms with van der Waals surface area (Å²) in [5, 5.41) is 6.09. The monoisotopic (exact) mass is 434 g/mol. The number of nitrogens with zero attached hydrogens (tertiary/aromatic N) is 2. The molecule has 2 rings (SSSR count). The molecule has 8 nitrogen and oxygen atoms in total. The molecule has 0 radical (unpaired) electrons. The standard InChI is InChI=1S/C14H25F3N4O4S2/c1-2-18-13(20-12-5-8-26(22,23)10-12)19-9-11-3-6-21(7-4-11)27(24,25)14(15,16)17/h11-12H,2-10H2,1H3,(H2,18,19,20). The first-order valence-corrected chi connectivity index (χ1v) is 12.0. The van der Waals surface area contributed by atoms with Crippen molar-refractivity contribution in [2.45, 2.75) is 37.7 Å². The second-order valence-electron chi connectivity index (χ2n) is 6.76. The summed E-state index contributed by atoms with van der Waals surface area (Å²) in [6.07, 6.45) is 1.08. The lowest BCUT2D eigenvalue weighted by Gasteiger charge is -2.31. The molecule has 0 aromatic rings. The zero-order valence-electron chi connectivity index (χ0n) is 15.0. The summed E-state index contributed by atoms with van der Waals surface area (Å²) in [6.45, 7) is 2.39. The Labute approximate surface area is 157 Å². The molecule has 2 fully saturated rings. The van der Waals surface area contributed by atoms with E-state index in [1.165, 1.54) is 0 Å². The van der Waals surface area contributed by atoms with Gasteiger partial charge >= 0.3 is 15.5 Å². The van der Waals surface area contributed by atoms with Crippen LogP contribution in [0, 0.1) is 5.92 Å². The number of aliphatic imine (C=N–C) groups is 1. The first-order valence-electron chi connectivity index (χ1n) is 8.76. The van der Waals surface area contributed by atoms with Crippen LogP contribution in [-0.4, -0.2) is 76.3 Å². The van der Waals surface area contributed by atoms with E-state index in [0.717, 1.165) is 0 Å². The number of sulfone groups is 1. The third-order valence-electron chi connectivity index (χ3n) is 4.63. The first-order chi connectivity index (χ1) is 12.4. The van der Waals surface area contributed by atoms with Crippen LogP contribution in [0.4, 0.5) is 13.2 Å². The van der Waals surface area contributed by atoms with Crippen molar-refractivity contribution in [2.24, 2.45) is 10.9 Å². The van der Waals surface area contributed by atoms with Crippen molar-refractivity contribution < 1.29 is 30.0 Å². The topological polar surface area (TPSA) is 108 Å². The second kappa shape index (κ2) is 8.52. The van der Waals surface area contributed by atoms with Crippen molar-refractivity contribution >= 4 is 25.8 Å². The third-order valence-corrected chi connectivity index (χ3v) is 8.03. The lowest BCUT2D eigenvalue weighted by molar-refractivity contribution is -0.0496. The predicted molar refractivity (Wildman–Crippen MR) is 95.4 cm³/mol. The summed E-state index contributed by atoms with van der Waals surface area (Å²) < 4.78 is 84.1. The fourth-order valence-electron chi connectivity index (χ4n) is 3.12. The highest BCUT2D eigenvalue weighted by molar-refractivity contribution is 7.91. The molecule has 0 spiro atoms. The molecular formula is C14H25F3N4O4S2. The van der Waals surface area contributed by atoms with Crippen LogP contribution in [0.3, 0.4) is 0 Å². The van der Waals surface area contributed by atoms with Gasteiger partial charge in [-0.15, -0.1) is 0 Å². The number of guanidine groups is 1. The molecule has 0 saturated carbocycles. The summed E-state index contributed by atoms with van der Waals surface area (Å²) >= 11 is 0. The van der Waals surface area contributed by atoms with Gasteiger partial charge in [0.05, 0.1) is 11.5 Å². The molecule has 13 heteroatoms. The quantitative estimate of drug-likeness (QED) is 0.476. The molecule has 1 atom stereocenters. The number of rotatable bonds is 5. The molecule has 2 N–H and O–H groups in total. The minimum atomic E-state index is -5.28. The van der Waals surface area contributed by atoms with Crippen molar-refractivity contribution in [3.05, 3.63) is 0 Å². The average molecular weight is 435 g/mol. The zero-order valence-corrected chi connectivity index (χ0v) is 16.6. The van der Waals surface area contributed by atoms with Gasteiger partial charge < -0.3 is 10.6 Å². The molecule has 0 amide bonds. The normalized spacial score (nSPS) is 25.5. The van der Waals surface area contributed by atoms with Gasteiger partial charge in [0.1, 0.15) is 0 Å². The molecule has 2 aliphatic heterocycles. The Morgan fingerprint density at radius 1 is 1.22 bits per heavy atom. The van der Waals surface area contributed by atoms with Crippen molar-refractivity contribution in [1.82, 2.24) is 14.9 Å². The maximum atomic E-state index is 12.6. The number of alkyl halides is 3. The Morgan fingerprint density at radius 3 is 2.33 bits per heavy atom. The van der Waals surface area contributed by atoms with Crippen molar-refractivity contribution in [3.63, 3.8) is 0 Å². The largest absolute Gasteiger partial charge is 0.511 e. The van der Waals surface area contributed by atoms with E-state index in [-0.39, 0.29) is 49.4 Å². The fourth-order valence-corrected chi connectivity index (χ4v) is 5.78. The summed E-state index contributed by atoms with van der Waals surface area (Å²) in [5.74, 6) is 0.610. The van der Waals surface area contributed by atoms with Crippen molar-refractivity contribution in [2.75, 3.05) is 37.7 Å². The van der Waals surface area contributed by atoms with E-state index < -0.39 is 25.4 Å². The Morgan fingerprint density at radius 2 is 1.85 bits per heavy atom. The van der Waals surface area contributed by atoms with Gasteiger partial charge in [-0.2, -0.15) is 17.5 Å². The summed E-state index contributed by atoms with van der Waals surface area (Å²) in [6, 6.07) is -0.216. The predicted octanol–water partition coefficient (Wildman–Crippen LogP) is 0.290. The Balaban J connectivity index is 1.89. The van der Waals surface area contributed by atoms with Crippen molar-refractivity contribution in [3.8, 4) is 0 Å². The van der Waals surface area contributed by atoms with Gasteiger partial charge in [0.15, 0.2) is 15.8 Å². The van der Waals surface area contributed by atoms with E-state index in [1.54, 1.807) is 0 Å². The van der Waals surface area contributed by atoms with Gasteiger partial charge in [-0.25, -0.2) is 16.8 Å². The summed E-state index contributed by atoms with van der Waals surface area (Å²) in [5.41, 5.74) is -5.28. The van der Waals surface area contributed by atoms with E-state index >= 15 is 0 Å². The summed E-state index contributed by atoms with van der Waals surface area (Å²) in [4.78, 5) is 4.39. The van der Waals surface area contributed by atoms with E-state index in [2.05, 4.69) is 15.6 Å². The van der Waals surface area contributed by atoms with Gasteiger partial charge in [-0.05, 0) is 32.1 Å². The number of piperidine rings is 1. The third kappa shape index (κ3) is 5.95. The molecule has 0 aromatic carbocycles. The van der Waals surface area contributed by atoms with Crippen LogP contribution < -0.4 is 10.6 Å². The lowest BCUT2D eigenvalue weighted by Crippen LogP contribution is -2.46. The van der Waals surface area contributed by atoms with Crippen LogP contribution in [-0.2, 0) is 19.9 Å². The Hall–Kier alpha value is -1.08. The molecule has 0 bridgehead atoms. The van der Waals surface area contributed by atoms with Gasteiger partial charge in [0.2, 0.25) is 0 Å². The molecule has 2 saturated heterocycles. The number of hydrogen-bond acceptors (Lipinski definition) is 5. The summed E-state index contributed by atoms with van der Waals surface area (Å²) in [7, 11) is -8.30. The molecule has 0 aliphatic carbocycles. The van der Waals surface area contributed by atoms with Crippen LogP contribution in [0.15, 0.2) is 4.99 Å². The lowest BCUT2D eigenvalue weighted by atomic mass is 9.98. The minimum Gasteiger partial charge on any atom is -0.357 e.